The largest absolute Gasteiger partial charge is 0.463 e. The molecule has 2 aromatic rings. The minimum absolute atomic E-state index is 0.263. The minimum Gasteiger partial charge on any atom is -0.463 e. The molecule has 2 aliphatic rings. The highest BCUT2D eigenvalue weighted by molar-refractivity contribution is 7.89. The van der Waals surface area contributed by atoms with Crippen LogP contribution in [-0.4, -0.2) is 59.1 Å². The Hall–Kier alpha value is -3.54. The van der Waals surface area contributed by atoms with E-state index in [1.807, 2.05) is 30.3 Å². The van der Waals surface area contributed by atoms with Crippen molar-refractivity contribution in [1.82, 2.24) is 0 Å². The summed E-state index contributed by atoms with van der Waals surface area (Å²) in [7, 11) is -1.36. The predicted molar refractivity (Wildman–Crippen MR) is 147 cm³/mol. The summed E-state index contributed by atoms with van der Waals surface area (Å²) in [6, 6.07) is 12.4. The maximum atomic E-state index is 13.1. The number of allylic oxidation sites excluding steroid dienone is 1. The highest BCUT2D eigenvalue weighted by atomic mass is 35.5. The topological polar surface area (TPSA) is 132 Å². The number of hydrogen-bond acceptors (Lipinski definition) is 10. The Bertz CT molecular complexity index is 1420. The number of esters is 4. The predicted octanol–water partition coefficient (Wildman–Crippen LogP) is 3.84. The molecular weight excluding hydrogens is 576 g/mol. The third-order valence-corrected chi connectivity index (χ3v) is 8.31. The molecule has 0 aromatic heterocycles. The van der Waals surface area contributed by atoms with Crippen LogP contribution in [0.2, 0.25) is 5.02 Å². The first-order valence-electron chi connectivity index (χ1n) is 12.7. The summed E-state index contributed by atoms with van der Waals surface area (Å²) in [5.74, 6) is -2.73. The molecule has 6 atom stereocenters. The second-order valence-corrected chi connectivity index (χ2v) is 11.5. The number of ether oxygens (including phenoxy) is 5. The zero-order valence-corrected chi connectivity index (χ0v) is 24.4. The van der Waals surface area contributed by atoms with Gasteiger partial charge in [0.05, 0.1) is 15.7 Å². The summed E-state index contributed by atoms with van der Waals surface area (Å²) in [6.45, 7) is 4.37. The molecule has 41 heavy (non-hydrogen) atoms. The highest BCUT2D eigenvalue weighted by Gasteiger charge is 2.52. The lowest BCUT2D eigenvalue weighted by Crippen LogP contribution is -2.59. The Labute approximate surface area is 244 Å². The van der Waals surface area contributed by atoms with E-state index in [4.69, 9.17) is 35.3 Å². The van der Waals surface area contributed by atoms with E-state index in [1.165, 1.54) is 13.8 Å². The second-order valence-electron chi connectivity index (χ2n) is 9.56. The first-order chi connectivity index (χ1) is 19.4. The normalized spacial score (nSPS) is 25.0. The van der Waals surface area contributed by atoms with Crippen LogP contribution < -0.4 is 0 Å². The fraction of sp³-hybridized carbons (Fsp3) is 0.379. The van der Waals surface area contributed by atoms with E-state index in [0.29, 0.717) is 21.1 Å². The van der Waals surface area contributed by atoms with E-state index in [2.05, 4.69) is 0 Å². The summed E-state index contributed by atoms with van der Waals surface area (Å²) in [5, 5.41) is 0.410. The number of hydrogen-bond donors (Lipinski definition) is 0. The summed E-state index contributed by atoms with van der Waals surface area (Å²) >= 11 is 6.55. The van der Waals surface area contributed by atoms with Gasteiger partial charge in [0.2, 0.25) is 0 Å². The maximum absolute atomic E-state index is 13.1. The molecule has 1 saturated heterocycles. The fourth-order valence-electron chi connectivity index (χ4n) is 4.84. The van der Waals surface area contributed by atoms with Crippen LogP contribution in [0.15, 0.2) is 52.3 Å². The Balaban J connectivity index is 1.73. The standard InChI is InChI=1S/C29H29ClO10S/c1-15(31)36-14-24-27(37-16(2)32)29(39-18(4)34)28(38-17(3)33)26(40-24)20-9-10-23(30)21(11-20)13-22-12-19-7-5-6-8-25(19)41(22)35/h5-12,24,26-29H,13-14H2,1-4H3/t24-,26?,27-,28+,29+,41?/m1/s1. The van der Waals surface area contributed by atoms with Crippen molar-refractivity contribution in [3.8, 4) is 0 Å². The molecule has 4 rings (SSSR count). The number of carbonyl (C=O) groups is 4. The van der Waals surface area contributed by atoms with E-state index in [0.717, 1.165) is 24.3 Å². The summed E-state index contributed by atoms with van der Waals surface area (Å²) in [6.07, 6.45) is -3.80. The van der Waals surface area contributed by atoms with Crippen molar-refractivity contribution in [2.75, 3.05) is 6.61 Å². The molecule has 2 heterocycles. The average Bonchev–Trinajstić information content (AvgIpc) is 3.21. The lowest BCUT2D eigenvalue weighted by atomic mass is 9.89. The highest BCUT2D eigenvalue weighted by Crippen LogP contribution is 2.40. The zero-order valence-electron chi connectivity index (χ0n) is 22.8. The number of rotatable bonds is 8. The number of fused-ring (bicyclic) bond motifs is 1. The van der Waals surface area contributed by atoms with E-state index in [9.17, 15) is 23.4 Å². The molecule has 218 valence electrons. The van der Waals surface area contributed by atoms with Crippen molar-refractivity contribution in [3.05, 3.63) is 69.1 Å². The molecule has 0 bridgehead atoms. The van der Waals surface area contributed by atoms with Crippen LogP contribution in [0.1, 0.15) is 50.5 Å². The van der Waals surface area contributed by atoms with Crippen LogP contribution in [0.4, 0.5) is 0 Å². The van der Waals surface area contributed by atoms with Crippen LogP contribution >= 0.6 is 11.6 Å². The van der Waals surface area contributed by atoms with Crippen LogP contribution in [0.25, 0.3) is 6.08 Å². The molecule has 2 aromatic carbocycles. The molecule has 0 amide bonds. The third kappa shape index (κ3) is 7.22. The van der Waals surface area contributed by atoms with Crippen LogP contribution in [-0.2, 0) is 60.1 Å². The van der Waals surface area contributed by atoms with E-state index < -0.39 is 65.2 Å². The molecule has 0 N–H and O–H groups in total. The average molecular weight is 605 g/mol. The molecule has 10 nitrogen and oxygen atoms in total. The summed E-state index contributed by atoms with van der Waals surface area (Å²) in [4.78, 5) is 49.3. The van der Waals surface area contributed by atoms with Crippen LogP contribution in [0.3, 0.4) is 0 Å². The summed E-state index contributed by atoms with van der Waals surface area (Å²) in [5.41, 5.74) is 1.99. The minimum atomic E-state index is -1.36. The molecule has 0 saturated carbocycles. The molecule has 0 radical (unpaired) electrons. The second kappa shape index (κ2) is 13.0. The fourth-order valence-corrected chi connectivity index (χ4v) is 6.38. The van der Waals surface area contributed by atoms with Crippen molar-refractivity contribution < 1.29 is 47.1 Å². The van der Waals surface area contributed by atoms with Gasteiger partial charge in [-0.3, -0.25) is 19.2 Å². The van der Waals surface area contributed by atoms with Crippen molar-refractivity contribution >= 4 is 52.4 Å². The molecule has 1 fully saturated rings. The van der Waals surface area contributed by atoms with Crippen molar-refractivity contribution in [2.24, 2.45) is 0 Å². The van der Waals surface area contributed by atoms with Crippen LogP contribution in [0, 0.1) is 0 Å². The maximum Gasteiger partial charge on any atom is 0.303 e. The Morgan fingerprint density at radius 2 is 1.49 bits per heavy atom. The first kappa shape index (κ1) is 30.4. The number of benzene rings is 2. The number of carbonyl (C=O) groups excluding carboxylic acids is 4. The van der Waals surface area contributed by atoms with Gasteiger partial charge in [0.25, 0.3) is 0 Å². The van der Waals surface area contributed by atoms with Gasteiger partial charge in [0, 0.05) is 44.0 Å². The van der Waals surface area contributed by atoms with E-state index >= 15 is 0 Å². The monoisotopic (exact) mass is 604 g/mol. The van der Waals surface area contributed by atoms with Crippen molar-refractivity contribution in [2.45, 2.75) is 69.5 Å². The summed E-state index contributed by atoms with van der Waals surface area (Å²) < 4.78 is 41.1. The molecule has 12 heteroatoms. The van der Waals surface area contributed by atoms with Gasteiger partial charge in [0.15, 0.2) is 18.3 Å². The van der Waals surface area contributed by atoms with Gasteiger partial charge in [-0.25, -0.2) is 4.21 Å². The molecule has 0 spiro atoms. The lowest BCUT2D eigenvalue weighted by Gasteiger charge is -2.44. The quantitative estimate of drug-likeness (QED) is 0.323. The van der Waals surface area contributed by atoms with E-state index in [-0.39, 0.29) is 13.0 Å². The van der Waals surface area contributed by atoms with E-state index in [1.54, 1.807) is 18.2 Å². The Morgan fingerprint density at radius 3 is 2.12 bits per heavy atom. The van der Waals surface area contributed by atoms with Gasteiger partial charge < -0.3 is 23.7 Å². The van der Waals surface area contributed by atoms with Gasteiger partial charge in [0.1, 0.15) is 18.8 Å². The van der Waals surface area contributed by atoms with Gasteiger partial charge in [-0.1, -0.05) is 41.9 Å². The van der Waals surface area contributed by atoms with Gasteiger partial charge in [-0.05, 0) is 34.9 Å². The van der Waals surface area contributed by atoms with Crippen molar-refractivity contribution in [1.29, 1.82) is 0 Å². The molecule has 2 unspecified atom stereocenters. The number of halogens is 1. The Kier molecular flexibility index (Phi) is 9.62. The molecular formula is C29H29ClO10S. The smallest absolute Gasteiger partial charge is 0.303 e. The van der Waals surface area contributed by atoms with Gasteiger partial charge in [-0.15, -0.1) is 0 Å². The lowest BCUT2D eigenvalue weighted by molar-refractivity contribution is -0.254. The molecule has 2 aliphatic heterocycles. The zero-order chi connectivity index (χ0) is 29.8. The Morgan fingerprint density at radius 1 is 0.854 bits per heavy atom. The molecule has 0 aliphatic carbocycles. The van der Waals surface area contributed by atoms with Crippen molar-refractivity contribution in [3.63, 3.8) is 0 Å². The van der Waals surface area contributed by atoms with Crippen LogP contribution in [0.5, 0.6) is 0 Å². The van der Waals surface area contributed by atoms with Gasteiger partial charge in [-0.2, -0.15) is 0 Å². The van der Waals surface area contributed by atoms with Gasteiger partial charge >= 0.3 is 23.9 Å². The first-order valence-corrected chi connectivity index (χ1v) is 14.3. The SMILES string of the molecule is CC(=O)OC[C@H]1OC(c2ccc(Cl)c(CC3=Cc4ccccc4S3=O)c2)[C@H](OC(C)=O)[C@@H](OC(C)=O)[C@@H]1OC(C)=O. The third-order valence-electron chi connectivity index (χ3n) is 6.43.